The van der Waals surface area contributed by atoms with E-state index in [1.54, 1.807) is 4.90 Å². The highest BCUT2D eigenvalue weighted by Crippen LogP contribution is 2.33. The fraction of sp³-hybridized carbons (Fsp3) is 0.261. The van der Waals surface area contributed by atoms with Gasteiger partial charge >= 0.3 is 6.18 Å². The van der Waals surface area contributed by atoms with Crippen molar-refractivity contribution in [2.45, 2.75) is 18.8 Å². The van der Waals surface area contributed by atoms with Gasteiger partial charge in [0, 0.05) is 19.3 Å². The average Bonchev–Trinajstić information content (AvgIpc) is 2.82. The van der Waals surface area contributed by atoms with Crippen LogP contribution in [0.3, 0.4) is 0 Å². The van der Waals surface area contributed by atoms with Crippen LogP contribution in [0.4, 0.5) is 28.9 Å². The van der Waals surface area contributed by atoms with E-state index in [2.05, 4.69) is 20.8 Å². The van der Waals surface area contributed by atoms with Crippen LogP contribution in [-0.2, 0) is 17.5 Å². The van der Waals surface area contributed by atoms with E-state index in [1.807, 2.05) is 0 Å². The number of likely N-dealkylation sites (N-methyl/N-ethyl adjacent to an activating group) is 1. The van der Waals surface area contributed by atoms with E-state index in [4.69, 9.17) is 4.74 Å². The molecule has 3 heterocycles. The predicted octanol–water partition coefficient (Wildman–Crippen LogP) is 2.06. The normalized spacial score (nSPS) is 13.6. The molecule has 194 valence electrons. The number of anilines is 2. The molecule has 37 heavy (non-hydrogen) atoms. The lowest BCUT2D eigenvalue weighted by Crippen LogP contribution is -2.55. The lowest BCUT2D eigenvalue weighted by molar-refractivity contribution is -0.138. The molecule has 14 heteroatoms. The lowest BCUT2D eigenvalue weighted by atomic mass is 10.1. The molecule has 3 aromatic rings. The first-order valence-electron chi connectivity index (χ1n) is 10.9. The van der Waals surface area contributed by atoms with Crippen molar-refractivity contribution < 1.29 is 31.9 Å². The third-order valence-corrected chi connectivity index (χ3v) is 5.50. The summed E-state index contributed by atoms with van der Waals surface area (Å²) in [5, 5.41) is 12.2. The second-order valence-electron chi connectivity index (χ2n) is 8.09. The molecule has 0 radical (unpaired) electrons. The Morgan fingerprint density at radius 3 is 2.57 bits per heavy atom. The number of rotatable bonds is 7. The second-order valence-corrected chi connectivity index (χ2v) is 8.09. The summed E-state index contributed by atoms with van der Waals surface area (Å²) < 4.78 is 59.2. The summed E-state index contributed by atoms with van der Waals surface area (Å²) >= 11 is 0. The first kappa shape index (κ1) is 25.6. The zero-order chi connectivity index (χ0) is 26.7. The smallest absolute Gasteiger partial charge is 0.416 e. The molecule has 0 spiro atoms. The van der Waals surface area contributed by atoms with Crippen LogP contribution in [0.5, 0.6) is 5.75 Å². The van der Waals surface area contributed by atoms with Crippen LogP contribution < -0.4 is 25.8 Å². The molecule has 4 rings (SSSR count). The third-order valence-electron chi connectivity index (χ3n) is 5.50. The molecule has 2 N–H and O–H groups in total. The molecule has 2 aromatic heterocycles. The first-order valence-corrected chi connectivity index (χ1v) is 10.9. The third kappa shape index (κ3) is 5.85. The molecule has 1 saturated heterocycles. The summed E-state index contributed by atoms with van der Waals surface area (Å²) in [5.74, 6) is -2.60. The van der Waals surface area contributed by atoms with Gasteiger partial charge in [-0.05, 0) is 24.3 Å². The number of alkyl halides is 3. The van der Waals surface area contributed by atoms with E-state index in [0.717, 1.165) is 10.6 Å². The fourth-order valence-electron chi connectivity index (χ4n) is 3.65. The van der Waals surface area contributed by atoms with Crippen molar-refractivity contribution in [3.63, 3.8) is 0 Å². The molecule has 0 aliphatic carbocycles. The standard InChI is InChI=1S/C23H20F4N6O4/c1-28-19(34)12-32-5-3-18(20(22(32)36)21(35)31-15-2-4-29-30-9-15)33-10-17(11-33)37-16-7-13(23(25,26)27)6-14(24)8-16/h2-9,17H,10-12H2,1H3,(H,28,34)(H,29,31,35). The Labute approximate surface area is 206 Å². The van der Waals surface area contributed by atoms with Crippen molar-refractivity contribution in [3.05, 3.63) is 76.2 Å². The number of carbonyl (C=O) groups is 2. The van der Waals surface area contributed by atoms with E-state index in [9.17, 15) is 31.9 Å². The molecule has 1 aromatic carbocycles. The SMILES string of the molecule is CNC(=O)Cn1ccc(N2CC(Oc3cc(F)cc(C(F)(F)F)c3)C2)c(C(=O)Nc2ccnnc2)c1=O. The number of hydrogen-bond donors (Lipinski definition) is 2. The van der Waals surface area contributed by atoms with Gasteiger partial charge in [-0.1, -0.05) is 0 Å². The number of hydrogen-bond acceptors (Lipinski definition) is 7. The topological polar surface area (TPSA) is 118 Å². The molecule has 0 bridgehead atoms. The summed E-state index contributed by atoms with van der Waals surface area (Å²) in [4.78, 5) is 39.6. The van der Waals surface area contributed by atoms with Crippen LogP contribution in [0, 0.1) is 5.82 Å². The van der Waals surface area contributed by atoms with Crippen molar-refractivity contribution in [2.24, 2.45) is 0 Å². The predicted molar refractivity (Wildman–Crippen MR) is 123 cm³/mol. The summed E-state index contributed by atoms with van der Waals surface area (Å²) in [7, 11) is 1.41. The number of amides is 2. The number of carbonyl (C=O) groups excluding carboxylic acids is 2. The van der Waals surface area contributed by atoms with E-state index in [0.29, 0.717) is 12.1 Å². The van der Waals surface area contributed by atoms with Crippen LogP contribution in [0.2, 0.25) is 0 Å². The first-order chi connectivity index (χ1) is 17.5. The van der Waals surface area contributed by atoms with Gasteiger partial charge in [0.05, 0.1) is 42.4 Å². The van der Waals surface area contributed by atoms with Crippen molar-refractivity contribution in [2.75, 3.05) is 30.4 Å². The van der Waals surface area contributed by atoms with E-state index >= 15 is 0 Å². The zero-order valence-electron chi connectivity index (χ0n) is 19.3. The van der Waals surface area contributed by atoms with Crippen molar-refractivity contribution in [3.8, 4) is 5.75 Å². The van der Waals surface area contributed by atoms with Gasteiger partial charge in [-0.15, -0.1) is 0 Å². The van der Waals surface area contributed by atoms with E-state index < -0.39 is 41.0 Å². The molecule has 1 fully saturated rings. The Kier molecular flexibility index (Phi) is 7.09. The van der Waals surface area contributed by atoms with Gasteiger partial charge in [-0.25, -0.2) is 4.39 Å². The van der Waals surface area contributed by atoms with Gasteiger partial charge in [0.2, 0.25) is 5.91 Å². The van der Waals surface area contributed by atoms with Crippen molar-refractivity contribution in [1.82, 2.24) is 20.1 Å². The summed E-state index contributed by atoms with van der Waals surface area (Å²) in [6.45, 7) is -0.110. The number of nitrogens with zero attached hydrogens (tertiary/aromatic N) is 4. The molecule has 0 saturated carbocycles. The molecule has 1 aliphatic rings. The summed E-state index contributed by atoms with van der Waals surface area (Å²) in [5.41, 5.74) is -1.66. The molecule has 0 unspecified atom stereocenters. The van der Waals surface area contributed by atoms with Crippen LogP contribution in [-0.4, -0.2) is 52.8 Å². The minimum absolute atomic E-state index is 0.105. The van der Waals surface area contributed by atoms with Crippen LogP contribution in [0.15, 0.2) is 53.7 Å². The largest absolute Gasteiger partial charge is 0.487 e. The minimum atomic E-state index is -4.74. The van der Waals surface area contributed by atoms with E-state index in [1.165, 1.54) is 37.8 Å². The maximum Gasteiger partial charge on any atom is 0.416 e. The second kappa shape index (κ2) is 10.2. The molecular weight excluding hydrogens is 500 g/mol. The van der Waals surface area contributed by atoms with Crippen molar-refractivity contribution >= 4 is 23.2 Å². The highest BCUT2D eigenvalue weighted by atomic mass is 19.4. The number of halogens is 4. The van der Waals surface area contributed by atoms with Crippen molar-refractivity contribution in [1.29, 1.82) is 0 Å². The van der Waals surface area contributed by atoms with Crippen LogP contribution >= 0.6 is 0 Å². The van der Waals surface area contributed by atoms with Gasteiger partial charge in [-0.2, -0.15) is 23.4 Å². The molecular formula is C23H20F4N6O4. The highest BCUT2D eigenvalue weighted by Gasteiger charge is 2.35. The Morgan fingerprint density at radius 1 is 1.16 bits per heavy atom. The number of benzene rings is 1. The Morgan fingerprint density at radius 2 is 1.92 bits per heavy atom. The highest BCUT2D eigenvalue weighted by molar-refractivity contribution is 6.08. The number of aromatic nitrogens is 3. The average molecular weight is 520 g/mol. The van der Waals surface area contributed by atoms with Gasteiger partial charge in [0.15, 0.2) is 0 Å². The fourth-order valence-corrected chi connectivity index (χ4v) is 3.65. The number of nitrogens with one attached hydrogen (secondary N) is 2. The molecule has 0 atom stereocenters. The van der Waals surface area contributed by atoms with Crippen LogP contribution in [0.25, 0.3) is 0 Å². The van der Waals surface area contributed by atoms with Crippen LogP contribution in [0.1, 0.15) is 15.9 Å². The zero-order valence-corrected chi connectivity index (χ0v) is 19.3. The lowest BCUT2D eigenvalue weighted by Gasteiger charge is -2.41. The Bertz CT molecular complexity index is 1370. The summed E-state index contributed by atoms with van der Waals surface area (Å²) in [6.07, 6.45) is -1.38. The maximum absolute atomic E-state index is 13.7. The number of pyridine rings is 1. The summed E-state index contributed by atoms with van der Waals surface area (Å²) in [6, 6.07) is 4.87. The van der Waals surface area contributed by atoms with Gasteiger partial charge in [-0.3, -0.25) is 14.4 Å². The van der Waals surface area contributed by atoms with Gasteiger partial charge in [0.1, 0.15) is 29.8 Å². The minimum Gasteiger partial charge on any atom is -0.487 e. The van der Waals surface area contributed by atoms with E-state index in [-0.39, 0.29) is 42.3 Å². The monoisotopic (exact) mass is 520 g/mol. The van der Waals surface area contributed by atoms with Gasteiger partial charge in [0.25, 0.3) is 11.5 Å². The Hall–Kier alpha value is -4.49. The molecule has 10 nitrogen and oxygen atoms in total. The Balaban J connectivity index is 1.56. The maximum atomic E-state index is 13.7. The molecule has 1 aliphatic heterocycles. The quantitative estimate of drug-likeness (QED) is 0.458. The molecule has 2 amide bonds. The number of ether oxygens (including phenoxy) is 1. The van der Waals surface area contributed by atoms with Gasteiger partial charge < -0.3 is 24.8 Å².